The Morgan fingerprint density at radius 1 is 0.683 bits per heavy atom. The highest BCUT2D eigenvalue weighted by Crippen LogP contribution is 2.43. The average molecular weight is 586 g/mol. The van der Waals surface area contributed by atoms with Gasteiger partial charge in [0.25, 0.3) is 0 Å². The van der Waals surface area contributed by atoms with E-state index < -0.39 is 91.2 Å². The monoisotopic (exact) mass is 585 g/mol. The van der Waals surface area contributed by atoms with Crippen LogP contribution in [0.4, 0.5) is 0 Å². The van der Waals surface area contributed by atoms with Gasteiger partial charge in [-0.05, 0) is 41.5 Å². The van der Waals surface area contributed by atoms with Crippen LogP contribution in [0.1, 0.15) is 41.5 Å². The van der Waals surface area contributed by atoms with Gasteiger partial charge < -0.3 is 62.0 Å². The van der Waals surface area contributed by atoms with E-state index >= 15 is 0 Å². The molecule has 230 valence electrons. The average Bonchev–Trinajstić information content (AvgIpc) is 3.64. The van der Waals surface area contributed by atoms with Crippen molar-refractivity contribution in [2.24, 2.45) is 0 Å². The van der Waals surface area contributed by atoms with Gasteiger partial charge in [-0.25, -0.2) is 0 Å². The normalized spacial score (nSPS) is 46.6. The minimum atomic E-state index is -0.872. The van der Waals surface area contributed by atoms with E-state index in [0.29, 0.717) is 6.61 Å². The molecule has 6 aliphatic rings. The van der Waals surface area contributed by atoms with Crippen LogP contribution >= 0.6 is 0 Å². The fraction of sp³-hybridized carbons (Fsp3) is 0.889. The van der Waals surface area contributed by atoms with Crippen molar-refractivity contribution in [3.63, 3.8) is 0 Å². The Hall–Kier alpha value is -1.45. The molecule has 0 amide bonds. The molecule has 41 heavy (non-hydrogen) atoms. The second kappa shape index (κ2) is 10.9. The van der Waals surface area contributed by atoms with Crippen molar-refractivity contribution >= 4 is 0 Å². The molecule has 6 fully saturated rings. The molecule has 0 aromatic carbocycles. The van der Waals surface area contributed by atoms with E-state index in [9.17, 15) is 5.21 Å². The van der Waals surface area contributed by atoms with Gasteiger partial charge in [0.05, 0.1) is 19.8 Å². The van der Waals surface area contributed by atoms with E-state index in [2.05, 4.69) is 17.7 Å². The van der Waals surface area contributed by atoms with E-state index in [1.165, 1.54) is 0 Å². The Kier molecular flexibility index (Phi) is 7.89. The van der Waals surface area contributed by atoms with Crippen LogP contribution in [0.15, 0.2) is 12.7 Å². The summed E-state index contributed by atoms with van der Waals surface area (Å²) in [4.78, 5) is 0. The van der Waals surface area contributed by atoms with Crippen LogP contribution in [0.2, 0.25) is 0 Å². The summed E-state index contributed by atoms with van der Waals surface area (Å²) in [6, 6.07) is 2.38. The topological polar surface area (TPSA) is 138 Å². The van der Waals surface area contributed by atoms with Gasteiger partial charge in [-0.1, -0.05) is 6.08 Å². The first-order valence-corrected chi connectivity index (χ1v) is 14.0. The molecule has 14 heteroatoms. The molecule has 6 aliphatic heterocycles. The summed E-state index contributed by atoms with van der Waals surface area (Å²) in [7, 11) is 0. The summed E-state index contributed by atoms with van der Waals surface area (Å²) in [6.45, 7) is 15.1. The summed E-state index contributed by atoms with van der Waals surface area (Å²) in [6.07, 6.45) is -5.55. The van der Waals surface area contributed by atoms with Gasteiger partial charge in [0.2, 0.25) is 6.10 Å². The van der Waals surface area contributed by atoms with E-state index in [1.54, 1.807) is 19.9 Å². The Bertz CT molecular complexity index is 1040. The summed E-state index contributed by atoms with van der Waals surface area (Å²) in [5.74, 6) is -2.52. The minimum absolute atomic E-state index is 0.0520. The molecule has 6 heterocycles. The number of rotatable bonds is 9. The molecule has 6 saturated heterocycles. The first-order chi connectivity index (χ1) is 19.4. The Labute approximate surface area is 238 Å². The predicted octanol–water partition coefficient (Wildman–Crippen LogP) is 1.79. The minimum Gasteiger partial charge on any atom is -0.498 e. The standard InChI is InChI=1S/C27H39NO13/c1-8-9-30-17-14(34-23-20(17)37-26(4,5)40-23)11-32-18-15(35-24-21(18)38-27(6,7)41-24)12-31-16-13(10-28-29)33-22-19(16)36-25(2,3)39-22/h8,13-24H,1,9,11-12H2,2-7H3/t13-,14-,15-,16+,17+,18+,19-,20-,21-,22-,23-,24-/m1/s1. The van der Waals surface area contributed by atoms with Gasteiger partial charge in [0.15, 0.2) is 36.2 Å². The lowest BCUT2D eigenvalue weighted by atomic mass is 10.1. The first kappa shape index (κ1) is 29.6. The molecule has 12 atom stereocenters. The molecule has 0 aromatic rings. The third kappa shape index (κ3) is 5.88. The molecule has 0 radical (unpaired) electrons. The van der Waals surface area contributed by atoms with Gasteiger partial charge in [-0.2, -0.15) is 0 Å². The van der Waals surface area contributed by atoms with Crippen molar-refractivity contribution < 1.29 is 56.8 Å². The van der Waals surface area contributed by atoms with E-state index in [4.69, 9.17) is 56.8 Å². The van der Waals surface area contributed by atoms with Gasteiger partial charge in [0.1, 0.15) is 48.8 Å². The van der Waals surface area contributed by atoms with Crippen molar-refractivity contribution in [1.29, 1.82) is 0 Å². The lowest BCUT2D eigenvalue weighted by Crippen LogP contribution is -2.45. The number of nitrogens with zero attached hydrogens (tertiary/aromatic N) is 1. The van der Waals surface area contributed by atoms with Crippen LogP contribution in [0.25, 0.3) is 5.01 Å². The summed E-state index contributed by atoms with van der Waals surface area (Å²) >= 11 is 0. The zero-order chi connectivity index (χ0) is 29.2. The molecule has 0 aromatic heterocycles. The van der Waals surface area contributed by atoms with E-state index in [1.807, 2.05) is 27.7 Å². The number of hydrogen-bond acceptors (Lipinski definition) is 13. The number of ether oxygens (including phenoxy) is 12. The molecular weight excluding hydrogens is 546 g/mol. The molecular formula is C27H39NO13. The van der Waals surface area contributed by atoms with E-state index in [0.717, 1.165) is 0 Å². The van der Waals surface area contributed by atoms with E-state index in [-0.39, 0.29) is 13.2 Å². The lowest BCUT2D eigenvalue weighted by molar-refractivity contribution is -0.240. The highest BCUT2D eigenvalue weighted by molar-refractivity contribution is 5.09. The van der Waals surface area contributed by atoms with Gasteiger partial charge in [-0.15, -0.1) is 6.58 Å². The Morgan fingerprint density at radius 2 is 1.12 bits per heavy atom. The van der Waals surface area contributed by atoms with Crippen molar-refractivity contribution in [1.82, 2.24) is 0 Å². The second-order valence-corrected chi connectivity index (χ2v) is 12.2. The summed E-state index contributed by atoms with van der Waals surface area (Å²) < 4.78 is 72.6. The van der Waals surface area contributed by atoms with Crippen LogP contribution in [0.5, 0.6) is 0 Å². The first-order valence-electron chi connectivity index (χ1n) is 14.0. The highest BCUT2D eigenvalue weighted by Gasteiger charge is 2.60. The maximum absolute atomic E-state index is 11.0. The fourth-order valence-corrected chi connectivity index (χ4v) is 6.17. The van der Waals surface area contributed by atoms with Crippen molar-refractivity contribution in [3.05, 3.63) is 22.9 Å². The molecule has 0 aliphatic carbocycles. The number of hydrogen-bond donors (Lipinski definition) is 0. The zero-order valence-corrected chi connectivity index (χ0v) is 24.1. The van der Waals surface area contributed by atoms with Crippen LogP contribution in [0.3, 0.4) is 0 Å². The van der Waals surface area contributed by atoms with Gasteiger partial charge in [0, 0.05) is 5.01 Å². The number of fused-ring (bicyclic) bond motifs is 3. The highest BCUT2D eigenvalue weighted by atomic mass is 16.9. The largest absolute Gasteiger partial charge is 0.498 e. The molecule has 6 rings (SSSR count). The molecule has 0 spiro atoms. The zero-order valence-electron chi connectivity index (χ0n) is 24.1. The Balaban J connectivity index is 1.14. The summed E-state index contributed by atoms with van der Waals surface area (Å²) in [5.41, 5.74) is 0. The quantitative estimate of drug-likeness (QED) is 0.287. The van der Waals surface area contributed by atoms with Crippen molar-refractivity contribution in [2.75, 3.05) is 19.8 Å². The van der Waals surface area contributed by atoms with Crippen LogP contribution < -0.4 is 0 Å². The van der Waals surface area contributed by atoms with Gasteiger partial charge in [-0.3, -0.25) is 0 Å². The fourth-order valence-electron chi connectivity index (χ4n) is 6.17. The third-order valence-electron chi connectivity index (χ3n) is 7.66. The summed E-state index contributed by atoms with van der Waals surface area (Å²) in [5, 5.41) is 13.7. The Morgan fingerprint density at radius 3 is 1.61 bits per heavy atom. The molecule has 0 saturated carbocycles. The van der Waals surface area contributed by atoms with Crippen molar-refractivity contribution in [3.8, 4) is 6.07 Å². The van der Waals surface area contributed by atoms with Crippen LogP contribution in [-0.2, 0) is 56.8 Å². The van der Waals surface area contributed by atoms with Crippen LogP contribution in [-0.4, -0.2) is 111 Å². The molecule has 0 N–H and O–H groups in total. The maximum atomic E-state index is 11.0. The van der Waals surface area contributed by atoms with Crippen molar-refractivity contribution in [2.45, 2.75) is 133 Å². The molecule has 0 bridgehead atoms. The van der Waals surface area contributed by atoms with Crippen LogP contribution in [0, 0.1) is 11.3 Å². The third-order valence-corrected chi connectivity index (χ3v) is 7.66. The second-order valence-electron chi connectivity index (χ2n) is 12.2. The predicted molar refractivity (Wildman–Crippen MR) is 136 cm³/mol. The maximum Gasteiger partial charge on any atom is 0.333 e. The molecule has 14 nitrogen and oxygen atoms in total. The van der Waals surface area contributed by atoms with Gasteiger partial charge >= 0.3 is 6.07 Å². The SMILES string of the molecule is C=CCO[C@@H]1[C@H]2OC(C)(C)O[C@H]2O[C@@H]1CO[C@@H]1[C@H]2OC(C)(C)O[C@H]2O[C@@H]1CO[C@@H]1[C@H]2OC(C)(C)O[C@H]2O[C@@H]1C#[N+][O-]. The smallest absolute Gasteiger partial charge is 0.333 e. The lowest BCUT2D eigenvalue weighted by Gasteiger charge is -2.30. The molecule has 0 unspecified atom stereocenters.